The number of H-pyrrole nitrogens is 1. The van der Waals surface area contributed by atoms with Crippen molar-refractivity contribution in [1.29, 1.82) is 0 Å². The van der Waals surface area contributed by atoms with E-state index in [1.54, 1.807) is 48.5 Å². The molecule has 1 aromatic rings. The topological polar surface area (TPSA) is 137 Å². The molecule has 0 aliphatic heterocycles. The number of carbonyl (C=O) groups is 3. The zero-order valence-corrected chi connectivity index (χ0v) is 21.2. The number of amides is 2. The van der Waals surface area contributed by atoms with Crippen molar-refractivity contribution in [2.75, 3.05) is 13.2 Å². The number of carbonyl (C=O) groups excluding carboxylic acids is 3. The van der Waals surface area contributed by atoms with E-state index in [0.717, 1.165) is 4.90 Å². The molecular weight excluding hydrogens is 446 g/mol. The van der Waals surface area contributed by atoms with Crippen LogP contribution in [0.15, 0.2) is 15.8 Å². The predicted octanol–water partition coefficient (Wildman–Crippen LogP) is 2.98. The molecule has 11 nitrogen and oxygen atoms in total. The highest BCUT2D eigenvalue weighted by Crippen LogP contribution is 2.15. The Morgan fingerprint density at radius 1 is 0.971 bits per heavy atom. The first kappa shape index (κ1) is 28.9. The van der Waals surface area contributed by atoms with E-state index in [4.69, 9.17) is 14.2 Å². The standard InChI is InChI=1S/C23H37N3O8/c1-8-32-17(27)12-10-13-25-15-16(18(28)24-19(25)29)11-9-14-26(20(30)33-22(2,3)4)21(31)34-23(5,6)7/h15H,8-14H2,1-7H3,(H,24,28,29). The second-order valence-electron chi connectivity index (χ2n) is 9.73. The summed E-state index contributed by atoms with van der Waals surface area (Å²) in [6, 6.07) is 0. The Morgan fingerprint density at radius 3 is 2.03 bits per heavy atom. The Labute approximate surface area is 199 Å². The van der Waals surface area contributed by atoms with Gasteiger partial charge in [0.05, 0.1) is 6.61 Å². The number of aromatic nitrogens is 2. The minimum Gasteiger partial charge on any atom is -0.466 e. The van der Waals surface area contributed by atoms with Gasteiger partial charge in [0.2, 0.25) is 0 Å². The molecule has 34 heavy (non-hydrogen) atoms. The summed E-state index contributed by atoms with van der Waals surface area (Å²) in [6.07, 6.45) is 0.680. The van der Waals surface area contributed by atoms with Gasteiger partial charge in [-0.05, 0) is 67.7 Å². The number of aromatic amines is 1. The lowest BCUT2D eigenvalue weighted by atomic mass is 10.1. The number of esters is 1. The van der Waals surface area contributed by atoms with Gasteiger partial charge in [0, 0.05) is 31.3 Å². The van der Waals surface area contributed by atoms with Gasteiger partial charge in [-0.3, -0.25) is 14.6 Å². The monoisotopic (exact) mass is 483 g/mol. The molecule has 1 heterocycles. The van der Waals surface area contributed by atoms with Crippen LogP contribution in [0.3, 0.4) is 0 Å². The number of nitrogens with one attached hydrogen (secondary N) is 1. The molecule has 1 N–H and O–H groups in total. The van der Waals surface area contributed by atoms with Crippen molar-refractivity contribution in [3.05, 3.63) is 32.6 Å². The van der Waals surface area contributed by atoms with Crippen LogP contribution in [0.25, 0.3) is 0 Å². The summed E-state index contributed by atoms with van der Waals surface area (Å²) in [5.41, 5.74) is -2.44. The average molecular weight is 484 g/mol. The van der Waals surface area contributed by atoms with Crippen LogP contribution in [-0.2, 0) is 32.0 Å². The van der Waals surface area contributed by atoms with Crippen molar-refractivity contribution in [2.45, 2.75) is 91.9 Å². The van der Waals surface area contributed by atoms with E-state index in [-0.39, 0.29) is 44.9 Å². The van der Waals surface area contributed by atoms with E-state index in [1.165, 1.54) is 10.8 Å². The lowest BCUT2D eigenvalue weighted by molar-refractivity contribution is -0.143. The fourth-order valence-electron chi connectivity index (χ4n) is 2.84. The summed E-state index contributed by atoms with van der Waals surface area (Å²) in [5.74, 6) is -0.357. The van der Waals surface area contributed by atoms with Gasteiger partial charge >= 0.3 is 23.8 Å². The molecular formula is C23H37N3O8. The fourth-order valence-corrected chi connectivity index (χ4v) is 2.84. The summed E-state index contributed by atoms with van der Waals surface area (Å²) in [5, 5.41) is 0. The van der Waals surface area contributed by atoms with Crippen molar-refractivity contribution in [3.8, 4) is 0 Å². The van der Waals surface area contributed by atoms with Crippen LogP contribution in [0.5, 0.6) is 0 Å². The van der Waals surface area contributed by atoms with Gasteiger partial charge in [0.15, 0.2) is 0 Å². The Hall–Kier alpha value is -3.11. The maximum absolute atomic E-state index is 12.6. The lowest BCUT2D eigenvalue weighted by Gasteiger charge is -2.28. The number of aryl methyl sites for hydroxylation is 2. The first-order valence-electron chi connectivity index (χ1n) is 11.3. The molecule has 0 bridgehead atoms. The molecule has 0 fully saturated rings. The first-order chi connectivity index (χ1) is 15.6. The van der Waals surface area contributed by atoms with E-state index < -0.39 is 34.6 Å². The molecule has 0 unspecified atom stereocenters. The second-order valence-corrected chi connectivity index (χ2v) is 9.73. The van der Waals surface area contributed by atoms with Gasteiger partial charge in [-0.25, -0.2) is 19.3 Å². The highest BCUT2D eigenvalue weighted by Gasteiger charge is 2.30. The number of rotatable bonds is 9. The zero-order valence-electron chi connectivity index (χ0n) is 21.2. The zero-order chi connectivity index (χ0) is 26.1. The number of imide groups is 1. The van der Waals surface area contributed by atoms with Crippen LogP contribution < -0.4 is 11.2 Å². The molecule has 0 saturated heterocycles. The SMILES string of the molecule is CCOC(=O)CCCn1cc(CCCN(C(=O)OC(C)(C)C)C(=O)OC(C)(C)C)c(=O)[nH]c1=O. The number of nitrogens with zero attached hydrogens (tertiary/aromatic N) is 2. The summed E-state index contributed by atoms with van der Waals surface area (Å²) in [7, 11) is 0. The van der Waals surface area contributed by atoms with Crippen molar-refractivity contribution in [1.82, 2.24) is 14.5 Å². The highest BCUT2D eigenvalue weighted by molar-refractivity contribution is 5.88. The summed E-state index contributed by atoms with van der Waals surface area (Å²) < 4.78 is 16.8. The van der Waals surface area contributed by atoms with Crippen LogP contribution in [0, 0.1) is 0 Å². The Morgan fingerprint density at radius 2 is 1.53 bits per heavy atom. The van der Waals surface area contributed by atoms with Crippen molar-refractivity contribution < 1.29 is 28.6 Å². The van der Waals surface area contributed by atoms with Crippen LogP contribution in [0.4, 0.5) is 9.59 Å². The van der Waals surface area contributed by atoms with Crippen molar-refractivity contribution in [2.24, 2.45) is 0 Å². The van der Waals surface area contributed by atoms with Gasteiger partial charge in [0.1, 0.15) is 11.2 Å². The molecule has 0 aromatic carbocycles. The smallest absolute Gasteiger partial charge is 0.419 e. The fraction of sp³-hybridized carbons (Fsp3) is 0.696. The Kier molecular flexibility index (Phi) is 10.5. The molecule has 0 atom stereocenters. The molecule has 0 saturated carbocycles. The third-order valence-electron chi connectivity index (χ3n) is 4.23. The van der Waals surface area contributed by atoms with E-state index in [2.05, 4.69) is 4.98 Å². The molecule has 1 aromatic heterocycles. The molecule has 1 rings (SSSR count). The second kappa shape index (κ2) is 12.4. The number of ether oxygens (including phenoxy) is 3. The first-order valence-corrected chi connectivity index (χ1v) is 11.3. The molecule has 0 aliphatic rings. The molecule has 192 valence electrons. The maximum atomic E-state index is 12.6. The summed E-state index contributed by atoms with van der Waals surface area (Å²) in [6.45, 7) is 12.3. The molecule has 0 spiro atoms. The lowest BCUT2D eigenvalue weighted by Crippen LogP contribution is -2.44. The minimum absolute atomic E-state index is 0.0503. The van der Waals surface area contributed by atoms with Crippen molar-refractivity contribution >= 4 is 18.2 Å². The van der Waals surface area contributed by atoms with Crippen LogP contribution >= 0.6 is 0 Å². The molecule has 0 radical (unpaired) electrons. The van der Waals surface area contributed by atoms with Crippen molar-refractivity contribution in [3.63, 3.8) is 0 Å². The predicted molar refractivity (Wildman–Crippen MR) is 125 cm³/mol. The third kappa shape index (κ3) is 10.7. The largest absolute Gasteiger partial charge is 0.466 e. The van der Waals surface area contributed by atoms with Crippen LogP contribution in [0.2, 0.25) is 0 Å². The van der Waals surface area contributed by atoms with Gasteiger partial charge in [-0.2, -0.15) is 0 Å². The average Bonchev–Trinajstić information content (AvgIpc) is 2.65. The molecule has 2 amide bonds. The quantitative estimate of drug-likeness (QED) is 0.418. The summed E-state index contributed by atoms with van der Waals surface area (Å²) in [4.78, 5) is 64.0. The van der Waals surface area contributed by atoms with E-state index >= 15 is 0 Å². The normalized spacial score (nSPS) is 11.6. The minimum atomic E-state index is -0.848. The molecule has 11 heteroatoms. The van der Waals surface area contributed by atoms with Gasteiger partial charge in [0.25, 0.3) is 5.56 Å². The number of hydrogen-bond donors (Lipinski definition) is 1. The highest BCUT2D eigenvalue weighted by atomic mass is 16.6. The van der Waals surface area contributed by atoms with Crippen LogP contribution in [-0.4, -0.2) is 57.0 Å². The number of hydrogen-bond acceptors (Lipinski definition) is 8. The van der Waals surface area contributed by atoms with E-state index in [0.29, 0.717) is 12.0 Å². The van der Waals surface area contributed by atoms with E-state index in [1.807, 2.05) is 0 Å². The van der Waals surface area contributed by atoms with E-state index in [9.17, 15) is 24.0 Å². The van der Waals surface area contributed by atoms with Gasteiger partial charge in [-0.1, -0.05) is 0 Å². The summed E-state index contributed by atoms with van der Waals surface area (Å²) >= 11 is 0. The third-order valence-corrected chi connectivity index (χ3v) is 4.23. The Balaban J connectivity index is 2.89. The Bertz CT molecular complexity index is 938. The van der Waals surface area contributed by atoms with Gasteiger partial charge in [-0.15, -0.1) is 0 Å². The molecule has 0 aliphatic carbocycles. The van der Waals surface area contributed by atoms with Gasteiger partial charge < -0.3 is 18.8 Å². The van der Waals surface area contributed by atoms with Crippen LogP contribution in [0.1, 0.15) is 73.3 Å². The maximum Gasteiger partial charge on any atom is 0.419 e.